The lowest BCUT2D eigenvalue weighted by Gasteiger charge is -2.35. The Morgan fingerprint density at radius 3 is 2.76 bits per heavy atom. The number of aliphatic hydroxyl groups is 1. The van der Waals surface area contributed by atoms with Crippen LogP contribution in [0.5, 0.6) is 0 Å². The zero-order valence-electron chi connectivity index (χ0n) is 12.1. The van der Waals surface area contributed by atoms with E-state index in [1.807, 2.05) is 42.1 Å². The maximum atomic E-state index is 11.1. The summed E-state index contributed by atoms with van der Waals surface area (Å²) in [6.45, 7) is 0. The molecule has 0 amide bonds. The van der Waals surface area contributed by atoms with E-state index in [9.17, 15) is 5.11 Å². The van der Waals surface area contributed by atoms with E-state index in [0.29, 0.717) is 0 Å². The van der Waals surface area contributed by atoms with E-state index < -0.39 is 5.60 Å². The van der Waals surface area contributed by atoms with Gasteiger partial charge in [-0.25, -0.2) is 4.98 Å². The number of rotatable bonds is 4. The van der Waals surface area contributed by atoms with E-state index >= 15 is 0 Å². The first-order chi connectivity index (χ1) is 10.2. The van der Waals surface area contributed by atoms with Crippen molar-refractivity contribution in [3.05, 3.63) is 60.4 Å². The van der Waals surface area contributed by atoms with Crippen molar-refractivity contribution < 1.29 is 5.11 Å². The Balaban J connectivity index is 1.97. The van der Waals surface area contributed by atoms with Crippen molar-refractivity contribution in [1.82, 2.24) is 9.55 Å². The zero-order valence-corrected chi connectivity index (χ0v) is 13.0. The van der Waals surface area contributed by atoms with E-state index in [-0.39, 0.29) is 5.25 Å². The number of allylic oxidation sites excluding steroid dienone is 1. The summed E-state index contributed by atoms with van der Waals surface area (Å²) in [4.78, 5) is 4.40. The topological polar surface area (TPSA) is 38.0 Å². The fourth-order valence-electron chi connectivity index (χ4n) is 2.75. The normalized spacial score (nSPS) is 23.1. The van der Waals surface area contributed by atoms with Gasteiger partial charge in [0.2, 0.25) is 0 Å². The number of aryl methyl sites for hydroxylation is 1. The van der Waals surface area contributed by atoms with E-state index in [1.54, 1.807) is 18.0 Å². The van der Waals surface area contributed by atoms with E-state index in [4.69, 9.17) is 0 Å². The molecule has 1 aromatic heterocycles. The third-order valence-corrected chi connectivity index (χ3v) is 5.43. The van der Waals surface area contributed by atoms with Gasteiger partial charge in [-0.1, -0.05) is 54.2 Å². The average Bonchev–Trinajstić information content (AvgIpc) is 2.91. The lowest BCUT2D eigenvalue weighted by Crippen LogP contribution is -2.34. The minimum Gasteiger partial charge on any atom is -0.384 e. The first kappa shape index (κ1) is 14.4. The molecule has 0 saturated carbocycles. The van der Waals surface area contributed by atoms with Crippen LogP contribution in [-0.4, -0.2) is 20.3 Å². The smallest absolute Gasteiger partial charge is 0.168 e. The Labute approximate surface area is 129 Å². The van der Waals surface area contributed by atoms with Crippen LogP contribution in [0.2, 0.25) is 0 Å². The zero-order chi connectivity index (χ0) is 14.7. The van der Waals surface area contributed by atoms with Gasteiger partial charge < -0.3 is 9.67 Å². The second-order valence-electron chi connectivity index (χ2n) is 5.52. The van der Waals surface area contributed by atoms with E-state index in [2.05, 4.69) is 23.2 Å². The number of imidazole rings is 1. The highest BCUT2D eigenvalue weighted by Crippen LogP contribution is 2.46. The van der Waals surface area contributed by atoms with Gasteiger partial charge in [-0.05, 0) is 24.8 Å². The van der Waals surface area contributed by atoms with Crippen LogP contribution in [0.15, 0.2) is 60.0 Å². The SMILES string of the molecule is Cn1ccnc1SC(c1ccccc1)C1(O)C=CCCC1. The van der Waals surface area contributed by atoms with Crippen LogP contribution in [0.3, 0.4) is 0 Å². The summed E-state index contributed by atoms with van der Waals surface area (Å²) in [5.41, 5.74) is 0.329. The molecule has 1 aliphatic carbocycles. The highest BCUT2D eigenvalue weighted by molar-refractivity contribution is 7.99. The first-order valence-corrected chi connectivity index (χ1v) is 8.16. The number of nitrogens with zero attached hydrogens (tertiary/aromatic N) is 2. The lowest BCUT2D eigenvalue weighted by atomic mass is 9.85. The second kappa shape index (κ2) is 6.08. The monoisotopic (exact) mass is 300 g/mol. The van der Waals surface area contributed by atoms with Crippen LogP contribution in [0.25, 0.3) is 0 Å². The Kier molecular flexibility index (Phi) is 4.17. The minimum absolute atomic E-state index is 0.0450. The molecule has 2 unspecified atom stereocenters. The van der Waals surface area contributed by atoms with E-state index in [1.165, 1.54) is 0 Å². The molecule has 0 radical (unpaired) electrons. The Morgan fingerprint density at radius 2 is 2.14 bits per heavy atom. The van der Waals surface area contributed by atoms with Gasteiger partial charge in [-0.2, -0.15) is 0 Å². The number of hydrogen-bond donors (Lipinski definition) is 1. The van der Waals surface area contributed by atoms with Gasteiger partial charge in [0.1, 0.15) is 0 Å². The quantitative estimate of drug-likeness (QED) is 0.691. The van der Waals surface area contributed by atoms with Crippen LogP contribution in [-0.2, 0) is 7.05 Å². The molecule has 3 nitrogen and oxygen atoms in total. The molecule has 21 heavy (non-hydrogen) atoms. The third kappa shape index (κ3) is 3.06. The number of aromatic nitrogens is 2. The molecule has 1 aromatic carbocycles. The predicted octanol–water partition coefficient (Wildman–Crippen LogP) is 3.72. The second-order valence-corrected chi connectivity index (χ2v) is 6.59. The summed E-state index contributed by atoms with van der Waals surface area (Å²) in [5.74, 6) is 0. The predicted molar refractivity (Wildman–Crippen MR) is 86.2 cm³/mol. The molecule has 1 heterocycles. The maximum absolute atomic E-state index is 11.1. The molecule has 110 valence electrons. The number of thioether (sulfide) groups is 1. The van der Waals surface area contributed by atoms with Crippen LogP contribution >= 0.6 is 11.8 Å². The molecule has 1 aliphatic rings. The molecule has 2 aromatic rings. The minimum atomic E-state index is -0.809. The van der Waals surface area contributed by atoms with Crippen LogP contribution in [0.1, 0.15) is 30.1 Å². The van der Waals surface area contributed by atoms with Crippen molar-refractivity contribution >= 4 is 11.8 Å². The highest BCUT2D eigenvalue weighted by atomic mass is 32.2. The molecule has 4 heteroatoms. The fourth-order valence-corrected chi connectivity index (χ4v) is 4.00. The molecule has 0 saturated heterocycles. The summed E-state index contributed by atoms with van der Waals surface area (Å²) < 4.78 is 2.00. The van der Waals surface area contributed by atoms with Crippen LogP contribution in [0.4, 0.5) is 0 Å². The van der Waals surface area contributed by atoms with Crippen molar-refractivity contribution in [2.75, 3.05) is 0 Å². The van der Waals surface area contributed by atoms with Crippen LogP contribution < -0.4 is 0 Å². The maximum Gasteiger partial charge on any atom is 0.168 e. The lowest BCUT2D eigenvalue weighted by molar-refractivity contribution is 0.0718. The summed E-state index contributed by atoms with van der Waals surface area (Å²) in [7, 11) is 1.98. The molecule has 3 rings (SSSR count). The van der Waals surface area contributed by atoms with Crippen molar-refractivity contribution in [1.29, 1.82) is 0 Å². The van der Waals surface area contributed by atoms with Gasteiger partial charge in [0.15, 0.2) is 5.16 Å². The molecule has 0 aliphatic heterocycles. The van der Waals surface area contributed by atoms with Crippen molar-refractivity contribution in [2.24, 2.45) is 7.05 Å². The Bertz CT molecular complexity index is 623. The van der Waals surface area contributed by atoms with Gasteiger partial charge in [-0.15, -0.1) is 0 Å². The summed E-state index contributed by atoms with van der Waals surface area (Å²) in [6.07, 6.45) is 10.7. The molecule has 0 spiro atoms. The first-order valence-electron chi connectivity index (χ1n) is 7.28. The van der Waals surface area contributed by atoms with Crippen LogP contribution in [0, 0.1) is 0 Å². The Hall–Kier alpha value is -1.52. The molecule has 0 fully saturated rings. The molecular formula is C17H20N2OS. The molecular weight excluding hydrogens is 280 g/mol. The third-order valence-electron chi connectivity index (χ3n) is 3.91. The van der Waals surface area contributed by atoms with Crippen molar-refractivity contribution in [3.8, 4) is 0 Å². The summed E-state index contributed by atoms with van der Waals surface area (Å²) in [5, 5.41) is 12.0. The summed E-state index contributed by atoms with van der Waals surface area (Å²) >= 11 is 1.63. The molecule has 0 bridgehead atoms. The number of hydrogen-bond acceptors (Lipinski definition) is 3. The van der Waals surface area contributed by atoms with E-state index in [0.717, 1.165) is 30.0 Å². The van der Waals surface area contributed by atoms with Gasteiger partial charge in [0, 0.05) is 19.4 Å². The van der Waals surface area contributed by atoms with Gasteiger partial charge >= 0.3 is 0 Å². The summed E-state index contributed by atoms with van der Waals surface area (Å²) in [6, 6.07) is 10.2. The van der Waals surface area contributed by atoms with Crippen molar-refractivity contribution in [2.45, 2.75) is 35.3 Å². The standard InChI is InChI=1S/C17H20N2OS/c1-19-13-12-18-16(19)21-15(14-8-4-2-5-9-14)17(20)10-6-3-7-11-17/h2,4-6,8-10,12-13,15,20H,3,7,11H2,1H3. The fraction of sp³-hybridized carbons (Fsp3) is 0.353. The molecule has 2 atom stereocenters. The van der Waals surface area contributed by atoms with Gasteiger partial charge in [-0.3, -0.25) is 0 Å². The number of benzene rings is 1. The van der Waals surface area contributed by atoms with Crippen molar-refractivity contribution in [3.63, 3.8) is 0 Å². The Morgan fingerprint density at radius 1 is 1.33 bits per heavy atom. The van der Waals surface area contributed by atoms with Gasteiger partial charge in [0.25, 0.3) is 0 Å². The largest absolute Gasteiger partial charge is 0.384 e. The highest BCUT2D eigenvalue weighted by Gasteiger charge is 2.37. The average molecular weight is 300 g/mol. The molecule has 1 N–H and O–H groups in total. The van der Waals surface area contributed by atoms with Gasteiger partial charge in [0.05, 0.1) is 10.9 Å².